The van der Waals surface area contributed by atoms with Crippen LogP contribution in [-0.2, 0) is 18.1 Å². The molecule has 1 amide bonds. The van der Waals surface area contributed by atoms with Crippen molar-refractivity contribution in [2.45, 2.75) is 58.7 Å². The molecule has 0 bridgehead atoms. The van der Waals surface area contributed by atoms with E-state index in [1.807, 2.05) is 11.5 Å². The topological polar surface area (TPSA) is 47.2 Å². The predicted octanol–water partition coefficient (Wildman–Crippen LogP) is 4.72. The molecular weight excluding hydrogens is 375 g/mol. The molecule has 0 aromatic carbocycles. The third-order valence-electron chi connectivity index (χ3n) is 4.53. The molecule has 146 valence electrons. The molecule has 2 heterocycles. The van der Waals surface area contributed by atoms with Crippen LogP contribution in [0.3, 0.4) is 0 Å². The highest BCUT2D eigenvalue weighted by atomic mass is 32.1. The summed E-state index contributed by atoms with van der Waals surface area (Å²) in [5.74, 6) is -0.369. The normalized spacial score (nSPS) is 16.0. The highest BCUT2D eigenvalue weighted by Crippen LogP contribution is 2.34. The van der Waals surface area contributed by atoms with E-state index in [-0.39, 0.29) is 5.41 Å². The molecule has 0 unspecified atom stereocenters. The zero-order valence-electron chi connectivity index (χ0n) is 15.7. The second-order valence-electron chi connectivity index (χ2n) is 7.94. The molecule has 2 aromatic heterocycles. The fourth-order valence-electron chi connectivity index (χ4n) is 3.00. The van der Waals surface area contributed by atoms with Gasteiger partial charge in [0.15, 0.2) is 4.80 Å². The van der Waals surface area contributed by atoms with E-state index >= 15 is 0 Å². The first-order valence-corrected chi connectivity index (χ1v) is 9.61. The molecule has 0 N–H and O–H groups in total. The minimum Gasteiger partial charge on any atom is -0.320 e. The summed E-state index contributed by atoms with van der Waals surface area (Å²) in [6.45, 7) is 8.93. The van der Waals surface area contributed by atoms with Gasteiger partial charge in [0.05, 0.1) is 11.1 Å². The average molecular weight is 397 g/mol. The van der Waals surface area contributed by atoms with Crippen molar-refractivity contribution in [3.63, 3.8) is 0 Å². The third-order valence-corrected chi connectivity index (χ3v) is 6.14. The lowest BCUT2D eigenvalue weighted by Crippen LogP contribution is -2.21. The molecule has 2 aromatic rings. The number of halogens is 3. The molecule has 1 aliphatic carbocycles. The van der Waals surface area contributed by atoms with Gasteiger partial charge in [0.2, 0.25) is 0 Å². The summed E-state index contributed by atoms with van der Waals surface area (Å²) in [4.78, 5) is 21.9. The Bertz CT molecular complexity index is 931. The fraction of sp³-hybridized carbons (Fsp3) is 0.526. The summed E-state index contributed by atoms with van der Waals surface area (Å²) in [5.41, 5.74) is -0.647. The van der Waals surface area contributed by atoms with Gasteiger partial charge in [0.1, 0.15) is 0 Å². The molecular formula is C19H22F3N3OS. The number of nitrogens with zero attached hydrogens (tertiary/aromatic N) is 3. The number of carbonyl (C=O) groups is 1. The Morgan fingerprint density at radius 1 is 1.33 bits per heavy atom. The first-order valence-electron chi connectivity index (χ1n) is 8.79. The van der Waals surface area contributed by atoms with Gasteiger partial charge in [-0.15, -0.1) is 11.3 Å². The Morgan fingerprint density at radius 3 is 2.56 bits per heavy atom. The lowest BCUT2D eigenvalue weighted by molar-refractivity contribution is -0.138. The first kappa shape index (κ1) is 19.8. The van der Waals surface area contributed by atoms with Crippen molar-refractivity contribution in [3.8, 4) is 0 Å². The first-order chi connectivity index (χ1) is 12.5. The largest absolute Gasteiger partial charge is 0.417 e. The van der Waals surface area contributed by atoms with E-state index in [0.29, 0.717) is 10.7 Å². The highest BCUT2D eigenvalue weighted by molar-refractivity contribution is 7.09. The Morgan fingerprint density at radius 2 is 2.00 bits per heavy atom. The van der Waals surface area contributed by atoms with Crippen molar-refractivity contribution in [2.75, 3.05) is 0 Å². The number of thiazole rings is 1. The van der Waals surface area contributed by atoms with Gasteiger partial charge in [0, 0.05) is 29.5 Å². The lowest BCUT2D eigenvalue weighted by atomic mass is 9.93. The van der Waals surface area contributed by atoms with Gasteiger partial charge in [-0.2, -0.15) is 18.2 Å². The van der Waals surface area contributed by atoms with E-state index in [4.69, 9.17) is 0 Å². The number of hydrogen-bond donors (Lipinski definition) is 0. The van der Waals surface area contributed by atoms with Crippen molar-refractivity contribution >= 4 is 17.2 Å². The van der Waals surface area contributed by atoms with Crippen molar-refractivity contribution in [2.24, 2.45) is 10.9 Å². The van der Waals surface area contributed by atoms with Crippen molar-refractivity contribution < 1.29 is 18.0 Å². The standard InChI is InChI=1S/C19H22F3N3OS/c1-11-15(18(2,3)4)27-17(25(11)10-12-5-6-12)24-16(26)13-9-23-8-7-14(13)19(20,21)22/h7-9,12H,5-6,10H2,1-4H3/b24-17+. The van der Waals surface area contributed by atoms with Crippen LogP contribution in [0, 0.1) is 12.8 Å². The molecule has 27 heavy (non-hydrogen) atoms. The van der Waals surface area contributed by atoms with E-state index in [1.54, 1.807) is 0 Å². The van der Waals surface area contributed by atoms with Crippen LogP contribution < -0.4 is 4.80 Å². The molecule has 1 saturated carbocycles. The number of amides is 1. The van der Waals surface area contributed by atoms with Gasteiger partial charge in [-0.05, 0) is 37.2 Å². The molecule has 0 saturated heterocycles. The van der Waals surface area contributed by atoms with Crippen molar-refractivity contribution in [1.82, 2.24) is 9.55 Å². The van der Waals surface area contributed by atoms with Gasteiger partial charge >= 0.3 is 6.18 Å². The second-order valence-corrected chi connectivity index (χ2v) is 8.92. The Balaban J connectivity index is 2.11. The summed E-state index contributed by atoms with van der Waals surface area (Å²) in [6, 6.07) is 0.807. The van der Waals surface area contributed by atoms with E-state index in [2.05, 4.69) is 30.7 Å². The van der Waals surface area contributed by atoms with Gasteiger partial charge in [-0.1, -0.05) is 20.8 Å². The average Bonchev–Trinajstić information content (AvgIpc) is 3.32. The van der Waals surface area contributed by atoms with Gasteiger partial charge in [0.25, 0.3) is 5.91 Å². The molecule has 8 heteroatoms. The van der Waals surface area contributed by atoms with Crippen LogP contribution in [0.2, 0.25) is 0 Å². The maximum atomic E-state index is 13.2. The minimum atomic E-state index is -4.63. The molecule has 1 aliphatic rings. The van der Waals surface area contributed by atoms with E-state index in [0.717, 1.165) is 48.4 Å². The smallest absolute Gasteiger partial charge is 0.320 e. The van der Waals surface area contributed by atoms with Crippen LogP contribution in [0.5, 0.6) is 0 Å². The third kappa shape index (κ3) is 4.31. The van der Waals surface area contributed by atoms with Gasteiger partial charge < -0.3 is 4.57 Å². The van der Waals surface area contributed by atoms with E-state index in [9.17, 15) is 18.0 Å². The Labute approximate surface area is 159 Å². The summed E-state index contributed by atoms with van der Waals surface area (Å²) in [5, 5.41) is 0. The zero-order valence-corrected chi connectivity index (χ0v) is 16.5. The van der Waals surface area contributed by atoms with Gasteiger partial charge in [-0.3, -0.25) is 9.78 Å². The second kappa shape index (κ2) is 6.89. The lowest BCUT2D eigenvalue weighted by Gasteiger charge is -2.17. The maximum Gasteiger partial charge on any atom is 0.417 e. The molecule has 0 radical (unpaired) electrons. The van der Waals surface area contributed by atoms with Crippen molar-refractivity contribution in [3.05, 3.63) is 45.0 Å². The number of hydrogen-bond acceptors (Lipinski definition) is 3. The SMILES string of the molecule is Cc1c(C(C)(C)C)s/c(=N/C(=O)c2cnccc2C(F)(F)F)n1CC1CC1. The number of carbonyl (C=O) groups excluding carboxylic acids is 1. The number of alkyl halides is 3. The van der Waals surface area contributed by atoms with Gasteiger partial charge in [-0.25, -0.2) is 0 Å². The zero-order chi connectivity index (χ0) is 20.0. The van der Waals surface area contributed by atoms with Crippen LogP contribution >= 0.6 is 11.3 Å². The van der Waals surface area contributed by atoms with Crippen LogP contribution in [0.15, 0.2) is 23.5 Å². The van der Waals surface area contributed by atoms with Crippen LogP contribution in [0.1, 0.15) is 60.1 Å². The maximum absolute atomic E-state index is 13.2. The van der Waals surface area contributed by atoms with Crippen molar-refractivity contribution in [1.29, 1.82) is 0 Å². The number of rotatable bonds is 3. The quantitative estimate of drug-likeness (QED) is 0.752. The van der Waals surface area contributed by atoms with Crippen LogP contribution in [0.4, 0.5) is 13.2 Å². The Kier molecular flexibility index (Phi) is 5.05. The van der Waals surface area contributed by atoms with E-state index < -0.39 is 23.2 Å². The monoisotopic (exact) mass is 397 g/mol. The summed E-state index contributed by atoms with van der Waals surface area (Å²) in [7, 11) is 0. The fourth-order valence-corrected chi connectivity index (χ4v) is 4.19. The number of pyridine rings is 1. The van der Waals surface area contributed by atoms with Crippen LogP contribution in [0.25, 0.3) is 0 Å². The van der Waals surface area contributed by atoms with Crippen LogP contribution in [-0.4, -0.2) is 15.5 Å². The molecule has 4 nitrogen and oxygen atoms in total. The summed E-state index contributed by atoms with van der Waals surface area (Å²) >= 11 is 1.37. The molecule has 0 aliphatic heterocycles. The number of aromatic nitrogens is 2. The predicted molar refractivity (Wildman–Crippen MR) is 97.6 cm³/mol. The molecule has 3 rings (SSSR count). The van der Waals surface area contributed by atoms with E-state index in [1.165, 1.54) is 11.3 Å². The molecule has 1 fully saturated rings. The molecule has 0 atom stereocenters. The summed E-state index contributed by atoms with van der Waals surface area (Å²) in [6.07, 6.45) is -0.414. The highest BCUT2D eigenvalue weighted by Gasteiger charge is 2.35. The summed E-state index contributed by atoms with van der Waals surface area (Å²) < 4.78 is 41.6. The Hall–Kier alpha value is -1.96. The molecule has 0 spiro atoms. The minimum absolute atomic E-state index is 0.137.